The van der Waals surface area contributed by atoms with Crippen molar-refractivity contribution in [2.24, 2.45) is 0 Å². The highest BCUT2D eigenvalue weighted by Crippen LogP contribution is 2.21. The summed E-state index contributed by atoms with van der Waals surface area (Å²) in [4.78, 5) is 18.1. The number of thiazole rings is 1. The topological polar surface area (TPSA) is 33.2 Å². The van der Waals surface area contributed by atoms with Gasteiger partial charge in [0.2, 0.25) is 0 Å². The molecule has 1 aliphatic carbocycles. The zero-order chi connectivity index (χ0) is 11.5. The summed E-state index contributed by atoms with van der Waals surface area (Å²) in [6, 6.07) is 0.420. The molecule has 0 saturated heterocycles. The first kappa shape index (κ1) is 11.7. The zero-order valence-corrected chi connectivity index (χ0v) is 10.7. The van der Waals surface area contributed by atoms with E-state index in [9.17, 15) is 4.79 Å². The molecule has 2 rings (SSSR count). The summed E-state index contributed by atoms with van der Waals surface area (Å²) in [5, 5.41) is 3.22. The van der Waals surface area contributed by atoms with Crippen LogP contribution in [0.15, 0.2) is 5.38 Å². The second-order valence-corrected chi connectivity index (χ2v) is 5.62. The van der Waals surface area contributed by atoms with Crippen LogP contribution in [0.25, 0.3) is 0 Å². The van der Waals surface area contributed by atoms with Crippen molar-refractivity contribution in [3.63, 3.8) is 0 Å². The molecule has 0 aromatic carbocycles. The number of aromatic nitrogens is 1. The molecule has 4 heteroatoms. The van der Waals surface area contributed by atoms with Crippen LogP contribution >= 0.6 is 11.3 Å². The molecule has 16 heavy (non-hydrogen) atoms. The number of ketones is 1. The molecule has 3 nitrogen and oxygen atoms in total. The third-order valence-electron chi connectivity index (χ3n) is 3.16. The summed E-state index contributed by atoms with van der Waals surface area (Å²) in [6.07, 6.45) is 3.69. The summed E-state index contributed by atoms with van der Waals surface area (Å²) in [5.74, 6) is 0.414. The Balaban J connectivity index is 1.92. The van der Waals surface area contributed by atoms with E-state index in [0.717, 1.165) is 42.9 Å². The van der Waals surface area contributed by atoms with Crippen molar-refractivity contribution in [1.82, 2.24) is 9.88 Å². The summed E-state index contributed by atoms with van der Waals surface area (Å²) in [7, 11) is 2.10. The fourth-order valence-electron chi connectivity index (χ4n) is 2.24. The number of hydrogen-bond acceptors (Lipinski definition) is 4. The van der Waals surface area contributed by atoms with Gasteiger partial charge < -0.3 is 0 Å². The molecule has 0 spiro atoms. The van der Waals surface area contributed by atoms with Gasteiger partial charge in [0.15, 0.2) is 0 Å². The molecule has 0 N–H and O–H groups in total. The van der Waals surface area contributed by atoms with E-state index in [1.807, 2.05) is 6.92 Å². The standard InChI is InChI=1S/C12H18N2OS/c1-9-13-10(8-16-9)7-14(2)11-4-3-5-12(15)6-11/h8,11H,3-7H2,1-2H3. The first-order valence-electron chi connectivity index (χ1n) is 5.78. The molecule has 1 aromatic heterocycles. The Hall–Kier alpha value is -0.740. The fourth-order valence-corrected chi connectivity index (χ4v) is 2.85. The van der Waals surface area contributed by atoms with Crippen molar-refractivity contribution >= 4 is 17.1 Å². The quantitative estimate of drug-likeness (QED) is 0.810. The Morgan fingerprint density at radius 3 is 3.06 bits per heavy atom. The molecule has 0 amide bonds. The molecule has 1 unspecified atom stereocenters. The Morgan fingerprint density at radius 2 is 2.44 bits per heavy atom. The molecular formula is C12H18N2OS. The Labute approximate surface area is 100 Å². The maximum absolute atomic E-state index is 11.4. The second kappa shape index (κ2) is 5.06. The van der Waals surface area contributed by atoms with Crippen LogP contribution in [-0.2, 0) is 11.3 Å². The molecule has 1 aliphatic rings. The van der Waals surface area contributed by atoms with Gasteiger partial charge in [-0.3, -0.25) is 9.69 Å². The largest absolute Gasteiger partial charge is 0.300 e. The molecule has 1 saturated carbocycles. The molecule has 0 radical (unpaired) electrons. The predicted octanol–water partition coefficient (Wildman–Crippen LogP) is 2.40. The van der Waals surface area contributed by atoms with Crippen molar-refractivity contribution in [1.29, 1.82) is 0 Å². The van der Waals surface area contributed by atoms with E-state index in [1.165, 1.54) is 0 Å². The van der Waals surface area contributed by atoms with E-state index in [2.05, 4.69) is 22.3 Å². The van der Waals surface area contributed by atoms with Crippen molar-refractivity contribution in [3.8, 4) is 0 Å². The van der Waals surface area contributed by atoms with Gasteiger partial charge in [-0.05, 0) is 26.8 Å². The Morgan fingerprint density at radius 1 is 1.62 bits per heavy atom. The van der Waals surface area contributed by atoms with Crippen molar-refractivity contribution in [2.75, 3.05) is 7.05 Å². The number of aryl methyl sites for hydroxylation is 1. The van der Waals surface area contributed by atoms with E-state index in [1.54, 1.807) is 11.3 Å². The summed E-state index contributed by atoms with van der Waals surface area (Å²) in [5.41, 5.74) is 1.13. The lowest BCUT2D eigenvalue weighted by molar-refractivity contribution is -0.121. The third-order valence-corrected chi connectivity index (χ3v) is 3.98. The number of carbonyl (C=O) groups excluding carboxylic acids is 1. The van der Waals surface area contributed by atoms with Crippen LogP contribution in [0.3, 0.4) is 0 Å². The molecule has 1 heterocycles. The summed E-state index contributed by atoms with van der Waals surface area (Å²) < 4.78 is 0. The molecule has 1 fully saturated rings. The monoisotopic (exact) mass is 238 g/mol. The van der Waals surface area contributed by atoms with Gasteiger partial charge in [-0.25, -0.2) is 4.98 Å². The van der Waals surface area contributed by atoms with Gasteiger partial charge in [-0.1, -0.05) is 0 Å². The highest BCUT2D eigenvalue weighted by Gasteiger charge is 2.23. The highest BCUT2D eigenvalue weighted by molar-refractivity contribution is 7.09. The van der Waals surface area contributed by atoms with Crippen LogP contribution in [-0.4, -0.2) is 28.8 Å². The highest BCUT2D eigenvalue weighted by atomic mass is 32.1. The van der Waals surface area contributed by atoms with Crippen LogP contribution in [0.2, 0.25) is 0 Å². The van der Waals surface area contributed by atoms with Crippen LogP contribution in [0.5, 0.6) is 0 Å². The van der Waals surface area contributed by atoms with Gasteiger partial charge in [-0.15, -0.1) is 11.3 Å². The van der Waals surface area contributed by atoms with Gasteiger partial charge in [0.25, 0.3) is 0 Å². The maximum Gasteiger partial charge on any atom is 0.134 e. The minimum Gasteiger partial charge on any atom is -0.300 e. The minimum atomic E-state index is 0.414. The molecule has 1 aromatic rings. The zero-order valence-electron chi connectivity index (χ0n) is 9.90. The predicted molar refractivity (Wildman–Crippen MR) is 65.6 cm³/mol. The van der Waals surface area contributed by atoms with Gasteiger partial charge in [0.1, 0.15) is 5.78 Å². The van der Waals surface area contributed by atoms with Crippen LogP contribution < -0.4 is 0 Å². The number of Topliss-reactive ketones (excluding diaryl/α,β-unsaturated/α-hetero) is 1. The normalized spacial score (nSPS) is 21.7. The molecule has 0 bridgehead atoms. The van der Waals surface area contributed by atoms with E-state index in [4.69, 9.17) is 0 Å². The first-order valence-corrected chi connectivity index (χ1v) is 6.66. The average molecular weight is 238 g/mol. The Bertz CT molecular complexity index is 375. The average Bonchev–Trinajstić information content (AvgIpc) is 2.64. The van der Waals surface area contributed by atoms with Crippen molar-refractivity contribution in [2.45, 2.75) is 45.2 Å². The van der Waals surface area contributed by atoms with Crippen LogP contribution in [0.1, 0.15) is 36.4 Å². The minimum absolute atomic E-state index is 0.414. The van der Waals surface area contributed by atoms with E-state index in [0.29, 0.717) is 11.8 Å². The first-order chi connectivity index (χ1) is 7.65. The second-order valence-electron chi connectivity index (χ2n) is 4.56. The van der Waals surface area contributed by atoms with Crippen molar-refractivity contribution < 1.29 is 4.79 Å². The number of nitrogens with zero attached hydrogens (tertiary/aromatic N) is 2. The lowest BCUT2D eigenvalue weighted by Crippen LogP contribution is -2.35. The lowest BCUT2D eigenvalue weighted by Gasteiger charge is -2.29. The lowest BCUT2D eigenvalue weighted by atomic mass is 9.93. The molecule has 88 valence electrons. The van der Waals surface area contributed by atoms with Gasteiger partial charge >= 0.3 is 0 Å². The van der Waals surface area contributed by atoms with Gasteiger partial charge in [0, 0.05) is 30.8 Å². The third kappa shape index (κ3) is 2.89. The molecular weight excluding hydrogens is 220 g/mol. The van der Waals surface area contributed by atoms with E-state index in [-0.39, 0.29) is 0 Å². The van der Waals surface area contributed by atoms with Crippen LogP contribution in [0, 0.1) is 6.92 Å². The van der Waals surface area contributed by atoms with Crippen LogP contribution in [0.4, 0.5) is 0 Å². The van der Waals surface area contributed by atoms with Gasteiger partial charge in [0.05, 0.1) is 10.7 Å². The number of hydrogen-bond donors (Lipinski definition) is 0. The van der Waals surface area contributed by atoms with E-state index < -0.39 is 0 Å². The van der Waals surface area contributed by atoms with E-state index >= 15 is 0 Å². The molecule has 1 atom stereocenters. The fraction of sp³-hybridized carbons (Fsp3) is 0.667. The summed E-state index contributed by atoms with van der Waals surface area (Å²) >= 11 is 1.69. The number of carbonyl (C=O) groups is 1. The smallest absolute Gasteiger partial charge is 0.134 e. The van der Waals surface area contributed by atoms with Gasteiger partial charge in [-0.2, -0.15) is 0 Å². The van der Waals surface area contributed by atoms with Crippen molar-refractivity contribution in [3.05, 3.63) is 16.1 Å². The Kier molecular flexibility index (Phi) is 3.71. The summed E-state index contributed by atoms with van der Waals surface area (Å²) in [6.45, 7) is 2.89. The SMILES string of the molecule is Cc1nc(CN(C)C2CCCC(=O)C2)cs1. The maximum atomic E-state index is 11.4. The molecule has 0 aliphatic heterocycles. The number of rotatable bonds is 3.